The maximum atomic E-state index is 12.9. The Hall–Kier alpha value is -3.73. The Bertz CT molecular complexity index is 957. The van der Waals surface area contributed by atoms with Crippen molar-refractivity contribution < 1.29 is 23.8 Å². The van der Waals surface area contributed by atoms with Crippen LogP contribution in [-0.4, -0.2) is 50.1 Å². The number of para-hydroxylation sites is 1. The molecule has 0 bridgehead atoms. The second-order valence-corrected chi connectivity index (χ2v) is 7.03. The molecule has 1 fully saturated rings. The second kappa shape index (κ2) is 10.3. The number of nitriles is 1. The van der Waals surface area contributed by atoms with Crippen molar-refractivity contribution in [3.8, 4) is 23.3 Å². The van der Waals surface area contributed by atoms with Crippen LogP contribution in [0.5, 0.6) is 17.2 Å². The molecular formula is C23H25N3O5. The zero-order chi connectivity index (χ0) is 22.2. The Kier molecular flexibility index (Phi) is 7.33. The number of ether oxygens (including phenoxy) is 3. The van der Waals surface area contributed by atoms with Gasteiger partial charge in [-0.1, -0.05) is 24.3 Å². The summed E-state index contributed by atoms with van der Waals surface area (Å²) in [5.74, 6) is 0.951. The molecule has 162 valence electrons. The van der Waals surface area contributed by atoms with E-state index in [-0.39, 0.29) is 18.4 Å². The van der Waals surface area contributed by atoms with Crippen molar-refractivity contribution >= 4 is 11.8 Å². The topological polar surface area (TPSA) is 101 Å². The van der Waals surface area contributed by atoms with E-state index in [1.54, 1.807) is 30.3 Å². The quantitative estimate of drug-likeness (QED) is 0.700. The molecule has 0 saturated carbocycles. The van der Waals surface area contributed by atoms with Gasteiger partial charge in [-0.25, -0.2) is 0 Å². The molecule has 0 aliphatic carbocycles. The summed E-state index contributed by atoms with van der Waals surface area (Å²) >= 11 is 0. The van der Waals surface area contributed by atoms with E-state index < -0.39 is 12.1 Å². The van der Waals surface area contributed by atoms with Crippen molar-refractivity contribution in [3.63, 3.8) is 0 Å². The summed E-state index contributed by atoms with van der Waals surface area (Å²) < 4.78 is 16.0. The predicted octanol–water partition coefficient (Wildman–Crippen LogP) is 2.45. The number of nitrogens with one attached hydrogen (secondary N) is 1. The van der Waals surface area contributed by atoms with Crippen molar-refractivity contribution in [3.05, 3.63) is 54.1 Å². The number of benzene rings is 2. The molecule has 2 amide bonds. The first-order valence-corrected chi connectivity index (χ1v) is 9.96. The van der Waals surface area contributed by atoms with Crippen LogP contribution in [0.25, 0.3) is 0 Å². The van der Waals surface area contributed by atoms with Crippen LogP contribution < -0.4 is 19.5 Å². The molecule has 0 radical (unpaired) electrons. The van der Waals surface area contributed by atoms with Crippen LogP contribution in [0.1, 0.15) is 24.4 Å². The van der Waals surface area contributed by atoms with Gasteiger partial charge in [-0.2, -0.15) is 5.26 Å². The zero-order valence-corrected chi connectivity index (χ0v) is 17.5. The fourth-order valence-electron chi connectivity index (χ4n) is 3.54. The number of carbonyl (C=O) groups is 2. The van der Waals surface area contributed by atoms with Crippen LogP contribution in [-0.2, 0) is 9.59 Å². The number of amides is 2. The van der Waals surface area contributed by atoms with Crippen LogP contribution in [0, 0.1) is 11.3 Å². The summed E-state index contributed by atoms with van der Waals surface area (Å²) in [6.45, 7) is 0.327. The molecule has 8 heteroatoms. The summed E-state index contributed by atoms with van der Waals surface area (Å²) in [6, 6.07) is 14.6. The van der Waals surface area contributed by atoms with E-state index in [1.165, 1.54) is 19.1 Å². The molecule has 8 nitrogen and oxygen atoms in total. The van der Waals surface area contributed by atoms with Gasteiger partial charge in [-0.3, -0.25) is 9.59 Å². The highest BCUT2D eigenvalue weighted by molar-refractivity contribution is 5.89. The fraction of sp³-hybridized carbons (Fsp3) is 0.348. The Labute approximate surface area is 181 Å². The second-order valence-electron chi connectivity index (χ2n) is 7.03. The van der Waals surface area contributed by atoms with Crippen LogP contribution in [0.2, 0.25) is 0 Å². The Morgan fingerprint density at radius 2 is 1.90 bits per heavy atom. The SMILES string of the molecule is COc1ccc(C(C#N)NC(=O)[C@@H]2CCCN2C(=O)COc2ccccc2)cc1OC. The first kappa shape index (κ1) is 22.0. The monoisotopic (exact) mass is 423 g/mol. The molecule has 2 atom stereocenters. The minimum Gasteiger partial charge on any atom is -0.493 e. The van der Waals surface area contributed by atoms with E-state index in [1.807, 2.05) is 18.2 Å². The minimum absolute atomic E-state index is 0.148. The lowest BCUT2D eigenvalue weighted by atomic mass is 10.1. The third kappa shape index (κ3) is 5.25. The lowest BCUT2D eigenvalue weighted by Gasteiger charge is -2.25. The van der Waals surface area contributed by atoms with Gasteiger partial charge in [0.1, 0.15) is 17.8 Å². The number of methoxy groups -OCH3 is 2. The minimum atomic E-state index is -0.884. The Morgan fingerprint density at radius 3 is 2.58 bits per heavy atom. The molecule has 31 heavy (non-hydrogen) atoms. The van der Waals surface area contributed by atoms with E-state index in [4.69, 9.17) is 14.2 Å². The summed E-state index contributed by atoms with van der Waals surface area (Å²) in [7, 11) is 3.02. The summed E-state index contributed by atoms with van der Waals surface area (Å²) in [4.78, 5) is 27.1. The Balaban J connectivity index is 1.65. The van der Waals surface area contributed by atoms with Crippen LogP contribution >= 0.6 is 0 Å². The van der Waals surface area contributed by atoms with Gasteiger partial charge in [-0.05, 0) is 42.7 Å². The van der Waals surface area contributed by atoms with Crippen LogP contribution in [0.15, 0.2) is 48.5 Å². The van der Waals surface area contributed by atoms with E-state index in [2.05, 4.69) is 11.4 Å². The smallest absolute Gasteiger partial charge is 0.261 e. The molecule has 2 aromatic carbocycles. The van der Waals surface area contributed by atoms with Crippen molar-refractivity contribution in [1.82, 2.24) is 10.2 Å². The lowest BCUT2D eigenvalue weighted by molar-refractivity contribution is -0.140. The number of carbonyl (C=O) groups excluding carboxylic acids is 2. The van der Waals surface area contributed by atoms with Crippen molar-refractivity contribution in [2.45, 2.75) is 24.9 Å². The summed E-state index contributed by atoms with van der Waals surface area (Å²) in [5, 5.41) is 12.4. The lowest BCUT2D eigenvalue weighted by Crippen LogP contribution is -2.48. The molecule has 1 heterocycles. The van der Waals surface area contributed by atoms with Crippen molar-refractivity contribution in [1.29, 1.82) is 5.26 Å². The number of rotatable bonds is 8. The number of hydrogen-bond donors (Lipinski definition) is 1. The van der Waals surface area contributed by atoms with E-state index in [0.717, 1.165) is 0 Å². The van der Waals surface area contributed by atoms with Gasteiger partial charge >= 0.3 is 0 Å². The largest absolute Gasteiger partial charge is 0.493 e. The van der Waals surface area contributed by atoms with Gasteiger partial charge < -0.3 is 24.4 Å². The molecule has 0 aromatic heterocycles. The first-order valence-electron chi connectivity index (χ1n) is 9.96. The molecule has 3 rings (SSSR count). The molecule has 2 aromatic rings. The summed E-state index contributed by atoms with van der Waals surface area (Å²) in [5.41, 5.74) is 0.566. The third-order valence-corrected chi connectivity index (χ3v) is 5.14. The van der Waals surface area contributed by atoms with Crippen molar-refractivity contribution in [2.24, 2.45) is 0 Å². The Morgan fingerprint density at radius 1 is 1.16 bits per heavy atom. The normalized spacial score (nSPS) is 16.2. The van der Waals surface area contributed by atoms with Crippen LogP contribution in [0.4, 0.5) is 0 Å². The standard InChI is InChI=1S/C23H25N3O5/c1-29-20-11-10-16(13-21(20)30-2)18(14-24)25-23(28)19-9-6-12-26(19)22(27)15-31-17-7-4-3-5-8-17/h3-5,7-8,10-11,13,18-19H,6,9,12,15H2,1-2H3,(H,25,28)/t18?,19-/m0/s1. The van der Waals surface area contributed by atoms with Gasteiger partial charge in [0.15, 0.2) is 18.1 Å². The molecule has 1 unspecified atom stereocenters. The van der Waals surface area contributed by atoms with E-state index >= 15 is 0 Å². The first-order chi connectivity index (χ1) is 15.1. The van der Waals surface area contributed by atoms with Gasteiger partial charge in [0.2, 0.25) is 5.91 Å². The average molecular weight is 423 g/mol. The maximum absolute atomic E-state index is 12.9. The third-order valence-electron chi connectivity index (χ3n) is 5.14. The molecule has 1 aliphatic heterocycles. The van der Waals surface area contributed by atoms with E-state index in [0.29, 0.717) is 42.2 Å². The molecule has 1 aliphatic rings. The van der Waals surface area contributed by atoms with Gasteiger partial charge in [0, 0.05) is 6.54 Å². The number of nitrogens with zero attached hydrogens (tertiary/aromatic N) is 2. The highest BCUT2D eigenvalue weighted by atomic mass is 16.5. The van der Waals surface area contributed by atoms with Gasteiger partial charge in [0.05, 0.1) is 20.3 Å². The fourth-order valence-corrected chi connectivity index (χ4v) is 3.54. The zero-order valence-electron chi connectivity index (χ0n) is 17.5. The predicted molar refractivity (Wildman–Crippen MR) is 113 cm³/mol. The highest BCUT2D eigenvalue weighted by Crippen LogP contribution is 2.30. The van der Waals surface area contributed by atoms with E-state index in [9.17, 15) is 14.9 Å². The average Bonchev–Trinajstić information content (AvgIpc) is 3.31. The number of likely N-dealkylation sites (tertiary alicyclic amines) is 1. The summed E-state index contributed by atoms with van der Waals surface area (Å²) in [6.07, 6.45) is 1.25. The molecule has 1 saturated heterocycles. The number of hydrogen-bond acceptors (Lipinski definition) is 6. The van der Waals surface area contributed by atoms with Crippen LogP contribution in [0.3, 0.4) is 0 Å². The molecule has 1 N–H and O–H groups in total. The maximum Gasteiger partial charge on any atom is 0.261 e. The van der Waals surface area contributed by atoms with Gasteiger partial charge in [-0.15, -0.1) is 0 Å². The van der Waals surface area contributed by atoms with Crippen molar-refractivity contribution in [2.75, 3.05) is 27.4 Å². The highest BCUT2D eigenvalue weighted by Gasteiger charge is 2.35. The van der Waals surface area contributed by atoms with Gasteiger partial charge in [0.25, 0.3) is 5.91 Å². The molecule has 0 spiro atoms. The molecular weight excluding hydrogens is 398 g/mol.